The van der Waals surface area contributed by atoms with Crippen LogP contribution in [0.5, 0.6) is 0 Å². The van der Waals surface area contributed by atoms with E-state index < -0.39 is 6.10 Å². The van der Waals surface area contributed by atoms with Crippen LogP contribution in [0.3, 0.4) is 0 Å². The molecule has 0 spiro atoms. The Hall–Kier alpha value is -2.68. The van der Waals surface area contributed by atoms with E-state index in [0.717, 1.165) is 24.1 Å². The van der Waals surface area contributed by atoms with E-state index in [1.165, 1.54) is 5.56 Å². The highest BCUT2D eigenvalue weighted by molar-refractivity contribution is 5.79. The summed E-state index contributed by atoms with van der Waals surface area (Å²) in [6.07, 6.45) is 0.268. The molecule has 2 aliphatic rings. The monoisotopic (exact) mass is 347 g/mol. The molecule has 1 saturated heterocycles. The number of piperazine rings is 1. The molecule has 0 saturated carbocycles. The average Bonchev–Trinajstić information content (AvgIpc) is 3.01. The first kappa shape index (κ1) is 16.8. The topological polar surface area (TPSA) is 67.6 Å². The van der Waals surface area contributed by atoms with Crippen molar-refractivity contribution < 1.29 is 9.90 Å². The van der Waals surface area contributed by atoms with Crippen LogP contribution < -0.4 is 0 Å². The summed E-state index contributed by atoms with van der Waals surface area (Å²) in [5.41, 5.74) is 3.82. The highest BCUT2D eigenvalue weighted by atomic mass is 16.3. The second-order valence-electron chi connectivity index (χ2n) is 7.01. The van der Waals surface area contributed by atoms with Crippen LogP contribution >= 0.6 is 0 Å². The van der Waals surface area contributed by atoms with Gasteiger partial charge in [-0.3, -0.25) is 9.69 Å². The SMILES string of the molecule is N#Cc1ccc(CN2CCN([C@H]3Cc4ccccc4[C@@H]3O)CC2=O)cc1. The number of nitriles is 1. The Kier molecular flexibility index (Phi) is 4.46. The number of carbonyl (C=O) groups excluding carboxylic acids is 1. The van der Waals surface area contributed by atoms with Gasteiger partial charge in [-0.1, -0.05) is 36.4 Å². The molecule has 0 bridgehead atoms. The van der Waals surface area contributed by atoms with Gasteiger partial charge in [0.05, 0.1) is 24.3 Å². The van der Waals surface area contributed by atoms with Crippen LogP contribution in [0, 0.1) is 11.3 Å². The molecular weight excluding hydrogens is 326 g/mol. The number of carbonyl (C=O) groups is 1. The Labute approximate surface area is 153 Å². The lowest BCUT2D eigenvalue weighted by molar-refractivity contribution is -0.138. The normalized spacial score (nSPS) is 22.9. The van der Waals surface area contributed by atoms with Crippen LogP contribution in [0.2, 0.25) is 0 Å². The average molecular weight is 347 g/mol. The molecule has 5 nitrogen and oxygen atoms in total. The predicted molar refractivity (Wildman–Crippen MR) is 97.0 cm³/mol. The molecule has 1 heterocycles. The third-order valence-corrected chi connectivity index (χ3v) is 5.44. The van der Waals surface area contributed by atoms with Crippen molar-refractivity contribution in [3.8, 4) is 6.07 Å². The first-order valence-electron chi connectivity index (χ1n) is 8.92. The minimum Gasteiger partial charge on any atom is -0.387 e. The number of amides is 1. The standard InChI is InChI=1S/C21H21N3O2/c22-12-15-5-7-16(8-6-15)13-24-10-9-23(14-20(24)25)19-11-17-3-1-2-4-18(17)21(19)26/h1-8,19,21,26H,9-11,13-14H2/t19-,21-/m0/s1. The zero-order chi connectivity index (χ0) is 18.1. The molecule has 1 aliphatic heterocycles. The van der Waals surface area contributed by atoms with Crippen LogP contribution in [-0.2, 0) is 17.8 Å². The molecule has 1 N–H and O–H groups in total. The molecule has 1 aliphatic carbocycles. The van der Waals surface area contributed by atoms with Gasteiger partial charge < -0.3 is 10.0 Å². The number of benzene rings is 2. The maximum Gasteiger partial charge on any atom is 0.237 e. The Morgan fingerprint density at radius 1 is 1.12 bits per heavy atom. The van der Waals surface area contributed by atoms with E-state index >= 15 is 0 Å². The van der Waals surface area contributed by atoms with Gasteiger partial charge in [0.15, 0.2) is 0 Å². The number of aliphatic hydroxyl groups is 1. The molecule has 1 fully saturated rings. The minimum atomic E-state index is -0.524. The Bertz CT molecular complexity index is 856. The van der Waals surface area contributed by atoms with Crippen LogP contribution in [0.4, 0.5) is 0 Å². The van der Waals surface area contributed by atoms with E-state index in [1.54, 1.807) is 12.1 Å². The molecule has 4 rings (SSSR count). The van der Waals surface area contributed by atoms with E-state index in [2.05, 4.69) is 17.0 Å². The Morgan fingerprint density at radius 2 is 1.88 bits per heavy atom. The lowest BCUT2D eigenvalue weighted by Crippen LogP contribution is -2.54. The van der Waals surface area contributed by atoms with Crippen molar-refractivity contribution in [2.75, 3.05) is 19.6 Å². The molecule has 0 aromatic heterocycles. The molecule has 5 heteroatoms. The van der Waals surface area contributed by atoms with Crippen molar-refractivity contribution in [2.45, 2.75) is 25.1 Å². The number of nitrogens with zero attached hydrogens (tertiary/aromatic N) is 3. The van der Waals surface area contributed by atoms with Gasteiger partial charge in [0.1, 0.15) is 0 Å². The van der Waals surface area contributed by atoms with E-state index in [9.17, 15) is 9.90 Å². The summed E-state index contributed by atoms with van der Waals surface area (Å²) in [7, 11) is 0. The molecule has 2 atom stereocenters. The molecule has 132 valence electrons. The smallest absolute Gasteiger partial charge is 0.237 e. The van der Waals surface area contributed by atoms with Crippen molar-refractivity contribution in [3.63, 3.8) is 0 Å². The summed E-state index contributed by atoms with van der Waals surface area (Å²) in [5, 5.41) is 19.5. The van der Waals surface area contributed by atoms with Crippen LogP contribution in [0.1, 0.15) is 28.4 Å². The van der Waals surface area contributed by atoms with Gasteiger partial charge in [0, 0.05) is 25.7 Å². The number of fused-ring (bicyclic) bond motifs is 1. The molecular formula is C21H21N3O2. The lowest BCUT2D eigenvalue weighted by Gasteiger charge is -2.38. The number of hydrogen-bond acceptors (Lipinski definition) is 4. The van der Waals surface area contributed by atoms with Crippen LogP contribution in [0.25, 0.3) is 0 Å². The minimum absolute atomic E-state index is 0.0200. The molecule has 0 unspecified atom stereocenters. The Morgan fingerprint density at radius 3 is 2.58 bits per heavy atom. The van der Waals surface area contributed by atoms with Crippen molar-refractivity contribution in [3.05, 3.63) is 70.8 Å². The Balaban J connectivity index is 1.39. The van der Waals surface area contributed by atoms with Gasteiger partial charge in [-0.15, -0.1) is 0 Å². The zero-order valence-corrected chi connectivity index (χ0v) is 14.5. The van der Waals surface area contributed by atoms with Gasteiger partial charge in [-0.25, -0.2) is 0 Å². The van der Waals surface area contributed by atoms with Crippen molar-refractivity contribution in [2.24, 2.45) is 0 Å². The fourth-order valence-electron chi connectivity index (χ4n) is 3.96. The van der Waals surface area contributed by atoms with Gasteiger partial charge in [0.25, 0.3) is 0 Å². The quantitative estimate of drug-likeness (QED) is 0.920. The molecule has 26 heavy (non-hydrogen) atoms. The zero-order valence-electron chi connectivity index (χ0n) is 14.5. The number of hydrogen-bond donors (Lipinski definition) is 1. The third kappa shape index (κ3) is 3.10. The van der Waals surface area contributed by atoms with Gasteiger partial charge >= 0.3 is 0 Å². The lowest BCUT2D eigenvalue weighted by atomic mass is 10.1. The highest BCUT2D eigenvalue weighted by Crippen LogP contribution is 2.34. The largest absolute Gasteiger partial charge is 0.387 e. The summed E-state index contributed by atoms with van der Waals surface area (Å²) in [6.45, 7) is 2.31. The van der Waals surface area contributed by atoms with E-state index in [0.29, 0.717) is 25.2 Å². The van der Waals surface area contributed by atoms with E-state index in [1.807, 2.05) is 35.2 Å². The van der Waals surface area contributed by atoms with Crippen LogP contribution in [0.15, 0.2) is 48.5 Å². The summed E-state index contributed by atoms with van der Waals surface area (Å²) >= 11 is 0. The molecule has 2 aromatic carbocycles. The van der Waals surface area contributed by atoms with Gasteiger partial charge in [-0.2, -0.15) is 5.26 Å². The first-order valence-corrected chi connectivity index (χ1v) is 8.92. The third-order valence-electron chi connectivity index (χ3n) is 5.44. The van der Waals surface area contributed by atoms with Gasteiger partial charge in [-0.05, 0) is 35.2 Å². The van der Waals surface area contributed by atoms with Crippen LogP contribution in [-0.4, -0.2) is 46.5 Å². The summed E-state index contributed by atoms with van der Waals surface area (Å²) < 4.78 is 0. The van der Waals surface area contributed by atoms with Crippen molar-refractivity contribution in [1.82, 2.24) is 9.80 Å². The summed E-state index contributed by atoms with van der Waals surface area (Å²) in [5.74, 6) is 0.0868. The van der Waals surface area contributed by atoms with Gasteiger partial charge in [0.2, 0.25) is 5.91 Å². The maximum absolute atomic E-state index is 12.6. The number of rotatable bonds is 3. The summed E-state index contributed by atoms with van der Waals surface area (Å²) in [6, 6.07) is 17.4. The predicted octanol–water partition coefficient (Wildman–Crippen LogP) is 1.86. The highest BCUT2D eigenvalue weighted by Gasteiger charge is 2.38. The summed E-state index contributed by atoms with van der Waals surface area (Å²) in [4.78, 5) is 16.6. The number of aliphatic hydroxyl groups excluding tert-OH is 1. The second-order valence-corrected chi connectivity index (χ2v) is 7.01. The van der Waals surface area contributed by atoms with Crippen molar-refractivity contribution in [1.29, 1.82) is 5.26 Å². The van der Waals surface area contributed by atoms with E-state index in [-0.39, 0.29) is 11.9 Å². The maximum atomic E-state index is 12.6. The second kappa shape index (κ2) is 6.91. The fourth-order valence-corrected chi connectivity index (χ4v) is 3.96. The molecule has 2 aromatic rings. The molecule has 0 radical (unpaired) electrons. The van der Waals surface area contributed by atoms with E-state index in [4.69, 9.17) is 5.26 Å². The fraction of sp³-hybridized carbons (Fsp3) is 0.333. The molecule has 1 amide bonds. The van der Waals surface area contributed by atoms with Crippen molar-refractivity contribution >= 4 is 5.91 Å². The first-order chi connectivity index (χ1) is 12.7.